The van der Waals surface area contributed by atoms with Crippen molar-refractivity contribution in [2.45, 2.75) is 23.9 Å². The van der Waals surface area contributed by atoms with Crippen LogP contribution < -0.4 is 0 Å². The molecule has 2 rings (SSSR count). The van der Waals surface area contributed by atoms with Gasteiger partial charge in [0.15, 0.2) is 11.4 Å². The minimum absolute atomic E-state index is 0.113. The Balaban J connectivity index is 2.37. The fourth-order valence-corrected chi connectivity index (χ4v) is 2.61. The summed E-state index contributed by atoms with van der Waals surface area (Å²) in [4.78, 5) is 30.3. The van der Waals surface area contributed by atoms with Gasteiger partial charge in [0.25, 0.3) is 5.69 Å². The van der Waals surface area contributed by atoms with E-state index in [1.165, 1.54) is 30.0 Å². The van der Waals surface area contributed by atoms with Crippen molar-refractivity contribution in [2.75, 3.05) is 0 Å². The first-order valence-corrected chi connectivity index (χ1v) is 6.55. The highest BCUT2D eigenvalue weighted by Crippen LogP contribution is 2.30. The summed E-state index contributed by atoms with van der Waals surface area (Å²) in [5, 5.41) is 11.2. The lowest BCUT2D eigenvalue weighted by molar-refractivity contribution is -0.384. The van der Waals surface area contributed by atoms with E-state index < -0.39 is 4.92 Å². The zero-order valence-corrected chi connectivity index (χ0v) is 11.7. The second kappa shape index (κ2) is 5.79. The molecule has 0 fully saturated rings. The standard InChI is InChI=1S/C13H11N3O3S/c1-8-5-9(2)15-13(14-8)20-12-4-3-11(16(18)19)6-10(12)7-17/h3-7H,1-2H3. The van der Waals surface area contributed by atoms with Gasteiger partial charge in [-0.1, -0.05) is 0 Å². The van der Waals surface area contributed by atoms with Crippen LogP contribution >= 0.6 is 11.8 Å². The van der Waals surface area contributed by atoms with Crippen LogP contribution in [0, 0.1) is 24.0 Å². The van der Waals surface area contributed by atoms with Gasteiger partial charge >= 0.3 is 0 Å². The maximum Gasteiger partial charge on any atom is 0.270 e. The molecule has 0 aliphatic rings. The summed E-state index contributed by atoms with van der Waals surface area (Å²) in [6.07, 6.45) is 0.595. The van der Waals surface area contributed by atoms with E-state index in [-0.39, 0.29) is 11.3 Å². The number of nitro groups is 1. The average Bonchev–Trinajstić information content (AvgIpc) is 2.37. The molecule has 0 amide bonds. The molecule has 0 aliphatic carbocycles. The molecule has 6 nitrogen and oxygen atoms in total. The van der Waals surface area contributed by atoms with Crippen LogP contribution in [0.2, 0.25) is 0 Å². The fraction of sp³-hybridized carbons (Fsp3) is 0.154. The van der Waals surface area contributed by atoms with Gasteiger partial charge in [-0.25, -0.2) is 9.97 Å². The Hall–Kier alpha value is -2.28. The van der Waals surface area contributed by atoms with Crippen molar-refractivity contribution in [3.8, 4) is 0 Å². The summed E-state index contributed by atoms with van der Waals surface area (Å²) in [6, 6.07) is 5.99. The van der Waals surface area contributed by atoms with E-state index in [0.29, 0.717) is 16.3 Å². The van der Waals surface area contributed by atoms with Crippen LogP contribution in [0.25, 0.3) is 0 Å². The van der Waals surface area contributed by atoms with Crippen molar-refractivity contribution in [1.29, 1.82) is 0 Å². The molecule has 2 aromatic rings. The molecule has 0 radical (unpaired) electrons. The molecule has 0 bridgehead atoms. The number of aromatic nitrogens is 2. The first-order valence-electron chi connectivity index (χ1n) is 5.73. The Morgan fingerprint density at radius 3 is 2.40 bits per heavy atom. The Kier molecular flexibility index (Phi) is 4.09. The maximum absolute atomic E-state index is 11.0. The molecule has 1 aromatic carbocycles. The van der Waals surface area contributed by atoms with Crippen molar-refractivity contribution in [3.63, 3.8) is 0 Å². The second-order valence-corrected chi connectivity index (χ2v) is 5.14. The summed E-state index contributed by atoms with van der Waals surface area (Å²) in [6.45, 7) is 3.71. The quantitative estimate of drug-likeness (QED) is 0.372. The van der Waals surface area contributed by atoms with Gasteiger partial charge in [-0.05, 0) is 37.7 Å². The number of carbonyl (C=O) groups excluding carboxylic acids is 1. The van der Waals surface area contributed by atoms with Crippen LogP contribution in [0.1, 0.15) is 21.7 Å². The van der Waals surface area contributed by atoms with E-state index in [4.69, 9.17) is 0 Å². The molecule has 0 saturated heterocycles. The highest BCUT2D eigenvalue weighted by Gasteiger charge is 2.12. The average molecular weight is 289 g/mol. The Labute approximate surface area is 119 Å². The molecular weight excluding hydrogens is 278 g/mol. The number of non-ortho nitro benzene ring substituents is 1. The van der Waals surface area contributed by atoms with Crippen LogP contribution in [0.4, 0.5) is 5.69 Å². The minimum Gasteiger partial charge on any atom is -0.298 e. The van der Waals surface area contributed by atoms with Crippen LogP contribution in [0.3, 0.4) is 0 Å². The lowest BCUT2D eigenvalue weighted by atomic mass is 10.2. The van der Waals surface area contributed by atoms with Gasteiger partial charge in [0.1, 0.15) is 0 Å². The molecule has 0 N–H and O–H groups in total. The predicted octanol–water partition coefficient (Wildman–Crippen LogP) is 2.97. The molecule has 7 heteroatoms. The van der Waals surface area contributed by atoms with Gasteiger partial charge in [-0.3, -0.25) is 14.9 Å². The second-order valence-electron chi connectivity index (χ2n) is 4.13. The molecule has 1 aromatic heterocycles. The highest BCUT2D eigenvalue weighted by molar-refractivity contribution is 7.99. The topological polar surface area (TPSA) is 86.0 Å². The van der Waals surface area contributed by atoms with Crippen molar-refractivity contribution in [1.82, 2.24) is 9.97 Å². The van der Waals surface area contributed by atoms with Gasteiger partial charge < -0.3 is 0 Å². The number of aldehydes is 1. The van der Waals surface area contributed by atoms with Crippen molar-refractivity contribution < 1.29 is 9.72 Å². The van der Waals surface area contributed by atoms with Gasteiger partial charge in [0.2, 0.25) is 0 Å². The number of nitrogens with zero attached hydrogens (tertiary/aromatic N) is 3. The van der Waals surface area contributed by atoms with Crippen molar-refractivity contribution >= 4 is 23.7 Å². The summed E-state index contributed by atoms with van der Waals surface area (Å²) < 4.78 is 0. The first-order chi connectivity index (χ1) is 9.49. The molecule has 0 unspecified atom stereocenters. The molecule has 102 valence electrons. The number of hydrogen-bond acceptors (Lipinski definition) is 6. The summed E-state index contributed by atoms with van der Waals surface area (Å²) >= 11 is 1.21. The number of nitro benzene ring substituents is 1. The van der Waals surface area contributed by atoms with E-state index in [2.05, 4.69) is 9.97 Å². The third-order valence-electron chi connectivity index (χ3n) is 2.49. The third kappa shape index (κ3) is 3.18. The molecule has 0 aliphatic heterocycles. The lowest BCUT2D eigenvalue weighted by Crippen LogP contribution is -1.95. The summed E-state index contributed by atoms with van der Waals surface area (Å²) in [7, 11) is 0. The van der Waals surface area contributed by atoms with Gasteiger partial charge in [0.05, 0.1) is 4.92 Å². The molecule has 0 atom stereocenters. The Morgan fingerprint density at radius 1 is 1.20 bits per heavy atom. The molecule has 0 saturated carbocycles. The van der Waals surface area contributed by atoms with Gasteiger partial charge in [-0.2, -0.15) is 0 Å². The largest absolute Gasteiger partial charge is 0.298 e. The van der Waals surface area contributed by atoms with E-state index in [9.17, 15) is 14.9 Å². The Bertz CT molecular complexity index is 668. The van der Waals surface area contributed by atoms with Gasteiger partial charge in [0, 0.05) is 34.0 Å². The van der Waals surface area contributed by atoms with E-state index in [0.717, 1.165) is 11.4 Å². The normalized spacial score (nSPS) is 10.3. The number of hydrogen-bond donors (Lipinski definition) is 0. The lowest BCUT2D eigenvalue weighted by Gasteiger charge is -2.05. The van der Waals surface area contributed by atoms with E-state index >= 15 is 0 Å². The molecule has 20 heavy (non-hydrogen) atoms. The van der Waals surface area contributed by atoms with Crippen molar-refractivity contribution in [2.24, 2.45) is 0 Å². The van der Waals surface area contributed by atoms with Crippen LogP contribution in [0.5, 0.6) is 0 Å². The predicted molar refractivity (Wildman–Crippen MR) is 74.1 cm³/mol. The van der Waals surface area contributed by atoms with Crippen LogP contribution in [0.15, 0.2) is 34.3 Å². The zero-order valence-electron chi connectivity index (χ0n) is 10.9. The maximum atomic E-state index is 11.0. The number of rotatable bonds is 4. The number of carbonyl (C=O) groups is 1. The summed E-state index contributed by atoms with van der Waals surface area (Å²) in [5.41, 5.74) is 1.80. The SMILES string of the molecule is Cc1cc(C)nc(Sc2ccc([N+](=O)[O-])cc2C=O)n1. The number of aryl methyl sites for hydroxylation is 2. The zero-order chi connectivity index (χ0) is 14.7. The monoisotopic (exact) mass is 289 g/mol. The fourth-order valence-electron chi connectivity index (χ4n) is 1.67. The summed E-state index contributed by atoms with van der Waals surface area (Å²) in [5.74, 6) is 0. The highest BCUT2D eigenvalue weighted by atomic mass is 32.2. The molecular formula is C13H11N3O3S. The minimum atomic E-state index is -0.533. The molecule has 1 heterocycles. The van der Waals surface area contributed by atoms with Crippen LogP contribution in [-0.4, -0.2) is 21.2 Å². The third-order valence-corrected chi connectivity index (χ3v) is 3.45. The van der Waals surface area contributed by atoms with Gasteiger partial charge in [-0.15, -0.1) is 0 Å². The van der Waals surface area contributed by atoms with E-state index in [1.807, 2.05) is 19.9 Å². The van der Waals surface area contributed by atoms with E-state index in [1.54, 1.807) is 0 Å². The van der Waals surface area contributed by atoms with Crippen molar-refractivity contribution in [3.05, 3.63) is 51.3 Å². The first kappa shape index (κ1) is 14.1. The smallest absolute Gasteiger partial charge is 0.270 e. The Morgan fingerprint density at radius 2 is 1.85 bits per heavy atom. The van der Waals surface area contributed by atoms with Crippen LogP contribution in [-0.2, 0) is 0 Å². The number of benzene rings is 1. The molecule has 0 spiro atoms.